The first-order valence-corrected chi connectivity index (χ1v) is 17.8. The smallest absolute Gasteiger partial charge is 0.345 e. The van der Waals surface area contributed by atoms with Crippen LogP contribution in [0.3, 0.4) is 0 Å². The summed E-state index contributed by atoms with van der Waals surface area (Å²) < 4.78 is 0. The Balaban J connectivity index is 2.12. The molecule has 1 heterocycles. The van der Waals surface area contributed by atoms with E-state index in [-0.39, 0.29) is 20.2 Å². The van der Waals surface area contributed by atoms with Crippen LogP contribution in [0.1, 0.15) is 118 Å². The molecule has 4 rings (SSSR count). The molecular weight excluding hydrogens is 557 g/mol. The van der Waals surface area contributed by atoms with Gasteiger partial charge < -0.3 is 19.2 Å². The molecule has 0 radical (unpaired) electrons. The quantitative estimate of drug-likeness (QED) is 0.202. The Kier molecular flexibility index (Phi) is 11.5. The van der Waals surface area contributed by atoms with Crippen LogP contribution in [0.2, 0.25) is 0 Å². The van der Waals surface area contributed by atoms with E-state index in [2.05, 4.69) is 172 Å². The summed E-state index contributed by atoms with van der Waals surface area (Å²) in [6.07, 6.45) is 0. The minimum absolute atomic E-state index is 0.123. The topological polar surface area (TPSA) is 13.0 Å². The molecule has 0 aliphatic carbocycles. The summed E-state index contributed by atoms with van der Waals surface area (Å²) in [6, 6.07) is 18.9. The molecule has 7 heteroatoms. The van der Waals surface area contributed by atoms with Crippen molar-refractivity contribution in [3.63, 3.8) is 0 Å². The Morgan fingerprint density at radius 3 is 1.22 bits per heavy atom. The standard InChI is InChI=1S/C39H61B3N4/c1-26(2)33-18-16-19-34(27(3)4)38(33)45-22-23-46(39-35(28(5)6)20-17-21-36(39)29(7)8)42(45)41(44(14)15)40(43(12)13)37-31(10)24-30(9)25-32(37)11/h16-21,24-29H,22-23H2,1-15H3. The third-order valence-electron chi connectivity index (χ3n) is 10.3. The number of nitrogens with zero attached hydrogens (tertiary/aromatic N) is 4. The third-order valence-corrected chi connectivity index (χ3v) is 10.3. The highest BCUT2D eigenvalue weighted by Crippen LogP contribution is 2.42. The predicted octanol–water partition coefficient (Wildman–Crippen LogP) is 8.09. The van der Waals surface area contributed by atoms with Gasteiger partial charge in [-0.2, -0.15) is 0 Å². The fraction of sp³-hybridized carbons (Fsp3) is 0.538. The second-order valence-electron chi connectivity index (χ2n) is 15.7. The summed E-state index contributed by atoms with van der Waals surface area (Å²) >= 11 is 0. The van der Waals surface area contributed by atoms with Crippen LogP contribution in [0.15, 0.2) is 48.5 Å². The Bertz CT molecular complexity index is 1350. The van der Waals surface area contributed by atoms with Crippen LogP contribution >= 0.6 is 0 Å². The molecule has 246 valence electrons. The van der Waals surface area contributed by atoms with Gasteiger partial charge in [0.1, 0.15) is 0 Å². The lowest BCUT2D eigenvalue weighted by molar-refractivity contribution is 0.634. The van der Waals surface area contributed by atoms with Gasteiger partial charge in [0, 0.05) is 24.5 Å². The van der Waals surface area contributed by atoms with Crippen molar-refractivity contribution < 1.29 is 0 Å². The minimum atomic E-state index is 0.123. The lowest BCUT2D eigenvalue weighted by atomic mass is 9.00. The van der Waals surface area contributed by atoms with Crippen LogP contribution in [0.4, 0.5) is 11.4 Å². The van der Waals surface area contributed by atoms with E-state index in [9.17, 15) is 0 Å². The molecule has 3 aromatic carbocycles. The molecule has 0 unspecified atom stereocenters. The van der Waals surface area contributed by atoms with Crippen LogP contribution in [-0.2, 0) is 0 Å². The van der Waals surface area contributed by atoms with Gasteiger partial charge in [0.15, 0.2) is 0 Å². The Hall–Kier alpha value is -2.63. The Morgan fingerprint density at radius 2 is 0.935 bits per heavy atom. The van der Waals surface area contributed by atoms with E-state index in [4.69, 9.17) is 0 Å². The highest BCUT2D eigenvalue weighted by molar-refractivity contribution is 7.53. The van der Waals surface area contributed by atoms with Gasteiger partial charge in [0.05, 0.1) is 0 Å². The second-order valence-corrected chi connectivity index (χ2v) is 15.7. The van der Waals surface area contributed by atoms with Crippen molar-refractivity contribution in [3.05, 3.63) is 87.5 Å². The summed E-state index contributed by atoms with van der Waals surface area (Å²) in [5.41, 5.74) is 14.3. The van der Waals surface area contributed by atoms with Crippen molar-refractivity contribution in [1.82, 2.24) is 9.62 Å². The van der Waals surface area contributed by atoms with E-state index in [1.54, 1.807) is 0 Å². The number of rotatable bonds is 11. The van der Waals surface area contributed by atoms with E-state index in [0.29, 0.717) is 23.7 Å². The lowest BCUT2D eigenvalue weighted by Gasteiger charge is -2.43. The Labute approximate surface area is 284 Å². The summed E-state index contributed by atoms with van der Waals surface area (Å²) in [7, 11) is 9.19. The summed E-state index contributed by atoms with van der Waals surface area (Å²) in [4.78, 5) is 10.7. The Morgan fingerprint density at radius 1 is 0.587 bits per heavy atom. The molecular formula is C39H61B3N4. The van der Waals surface area contributed by atoms with E-state index < -0.39 is 0 Å². The number of hydrogen-bond acceptors (Lipinski definition) is 4. The zero-order valence-electron chi connectivity index (χ0n) is 31.9. The number of benzene rings is 3. The van der Waals surface area contributed by atoms with Crippen molar-refractivity contribution in [2.45, 2.75) is 99.8 Å². The third kappa shape index (κ3) is 6.97. The van der Waals surface area contributed by atoms with Gasteiger partial charge >= 0.3 is 6.87 Å². The van der Waals surface area contributed by atoms with E-state index >= 15 is 0 Å². The monoisotopic (exact) mass is 619 g/mol. The molecule has 1 aliphatic rings. The average Bonchev–Trinajstić information content (AvgIpc) is 3.38. The molecule has 4 nitrogen and oxygen atoms in total. The molecule has 1 fully saturated rings. The van der Waals surface area contributed by atoms with E-state index in [0.717, 1.165) is 13.1 Å². The first kappa shape index (κ1) is 36.2. The van der Waals surface area contributed by atoms with Crippen molar-refractivity contribution in [3.8, 4) is 0 Å². The molecule has 0 aromatic heterocycles. The van der Waals surface area contributed by atoms with Crippen LogP contribution in [0, 0.1) is 20.8 Å². The molecule has 0 spiro atoms. The number of hydrogen-bond donors (Lipinski definition) is 0. The maximum Gasteiger partial charge on any atom is 0.345 e. The van der Waals surface area contributed by atoms with E-state index in [1.807, 2.05) is 0 Å². The van der Waals surface area contributed by atoms with Gasteiger partial charge in [-0.25, -0.2) is 0 Å². The summed E-state index contributed by atoms with van der Waals surface area (Å²) in [5, 5.41) is 0. The van der Waals surface area contributed by atoms with Crippen molar-refractivity contribution in [2.24, 2.45) is 0 Å². The lowest BCUT2D eigenvalue weighted by Crippen LogP contribution is -2.75. The van der Waals surface area contributed by atoms with Crippen LogP contribution in [0.25, 0.3) is 0 Å². The maximum atomic E-state index is 2.83. The highest BCUT2D eigenvalue weighted by atomic mass is 15.3. The van der Waals surface area contributed by atoms with Crippen molar-refractivity contribution in [2.75, 3.05) is 50.9 Å². The van der Waals surface area contributed by atoms with Crippen molar-refractivity contribution in [1.29, 1.82) is 0 Å². The van der Waals surface area contributed by atoms with Crippen LogP contribution in [0.5, 0.6) is 0 Å². The van der Waals surface area contributed by atoms with E-state index in [1.165, 1.54) is 55.8 Å². The summed E-state index contributed by atoms with van der Waals surface area (Å²) in [6.45, 7) is 28.2. The van der Waals surface area contributed by atoms with Gasteiger partial charge in [-0.1, -0.05) is 126 Å². The zero-order chi connectivity index (χ0) is 34.2. The van der Waals surface area contributed by atoms with Crippen molar-refractivity contribution >= 4 is 37.1 Å². The molecule has 0 amide bonds. The molecule has 1 aliphatic heterocycles. The zero-order valence-corrected chi connectivity index (χ0v) is 31.9. The fourth-order valence-corrected chi connectivity index (χ4v) is 8.30. The van der Waals surface area contributed by atoms with Gasteiger partial charge in [-0.05, 0) is 94.9 Å². The minimum Gasteiger partial charge on any atom is -0.399 e. The number of aryl methyl sites for hydroxylation is 3. The predicted molar refractivity (Wildman–Crippen MR) is 209 cm³/mol. The molecule has 0 N–H and O–H groups in total. The maximum absolute atomic E-state index is 2.83. The molecule has 3 aromatic rings. The first-order valence-electron chi connectivity index (χ1n) is 17.8. The second kappa shape index (κ2) is 14.6. The fourth-order valence-electron chi connectivity index (χ4n) is 8.30. The number of anilines is 2. The normalized spacial score (nSPS) is 14.0. The summed E-state index contributed by atoms with van der Waals surface area (Å²) in [5.74, 6) is 1.73. The van der Waals surface area contributed by atoms with Gasteiger partial charge in [-0.3, -0.25) is 0 Å². The molecule has 0 atom stereocenters. The number of para-hydroxylation sites is 2. The average molecular weight is 618 g/mol. The first-order chi connectivity index (χ1) is 21.6. The van der Waals surface area contributed by atoms with Gasteiger partial charge in [0.2, 0.25) is 13.4 Å². The largest absolute Gasteiger partial charge is 0.399 e. The molecule has 1 saturated heterocycles. The SMILES string of the molecule is Cc1cc(C)c(B(B(B2N(c3c(C(C)C)cccc3C(C)C)CCN2c2c(C(C)C)cccc2C(C)C)N(C)C)N(C)C)c(C)c1. The highest BCUT2D eigenvalue weighted by Gasteiger charge is 2.54. The molecule has 0 saturated carbocycles. The molecule has 0 bridgehead atoms. The molecule has 46 heavy (non-hydrogen) atoms. The van der Waals surface area contributed by atoms with Gasteiger partial charge in [-0.15, -0.1) is 0 Å². The van der Waals surface area contributed by atoms with Crippen LogP contribution < -0.4 is 15.1 Å². The van der Waals surface area contributed by atoms with Gasteiger partial charge in [0.25, 0.3) is 0 Å². The van der Waals surface area contributed by atoms with Crippen LogP contribution in [-0.4, -0.2) is 71.1 Å².